The van der Waals surface area contributed by atoms with E-state index in [0.717, 1.165) is 5.56 Å². The molecule has 2 heterocycles. The average Bonchev–Trinajstić information content (AvgIpc) is 3.16. The number of carbonyl (C=O) groups is 1. The number of hydrogen-bond acceptors (Lipinski definition) is 6. The van der Waals surface area contributed by atoms with Gasteiger partial charge in [-0.05, 0) is 55.1 Å². The molecule has 7 nitrogen and oxygen atoms in total. The van der Waals surface area contributed by atoms with Gasteiger partial charge in [0.15, 0.2) is 0 Å². The van der Waals surface area contributed by atoms with Crippen molar-refractivity contribution in [2.45, 2.75) is 18.1 Å². The first kappa shape index (κ1) is 20.0. The van der Waals surface area contributed by atoms with Gasteiger partial charge in [0.2, 0.25) is 11.1 Å². The number of benzene rings is 2. The second-order valence-electron chi connectivity index (χ2n) is 6.67. The fourth-order valence-electron chi connectivity index (χ4n) is 3.34. The summed E-state index contributed by atoms with van der Waals surface area (Å²) in [4.78, 5) is 17.7. The van der Waals surface area contributed by atoms with E-state index >= 15 is 0 Å². The topological polar surface area (TPSA) is 81.1 Å². The molecule has 4 rings (SSSR count). The van der Waals surface area contributed by atoms with Crippen LogP contribution >= 0.6 is 11.8 Å². The number of allylic oxidation sites excluding steroid dienone is 1. The number of fused-ring (bicyclic) bond motifs is 1. The van der Waals surface area contributed by atoms with E-state index in [1.54, 1.807) is 48.2 Å². The van der Waals surface area contributed by atoms with E-state index in [9.17, 15) is 9.18 Å². The number of rotatable bonds is 5. The summed E-state index contributed by atoms with van der Waals surface area (Å²) < 4.78 is 20.4. The second kappa shape index (κ2) is 8.19. The predicted molar refractivity (Wildman–Crippen MR) is 114 cm³/mol. The van der Waals surface area contributed by atoms with Crippen molar-refractivity contribution in [1.29, 1.82) is 0 Å². The Bertz CT molecular complexity index is 1110. The molecule has 0 saturated heterocycles. The quantitative estimate of drug-likeness (QED) is 0.600. The van der Waals surface area contributed by atoms with Crippen molar-refractivity contribution in [2.75, 3.05) is 24.0 Å². The maximum absolute atomic E-state index is 13.5. The normalized spacial score (nSPS) is 15.4. The molecular weight excluding hydrogens is 405 g/mol. The Kier molecular flexibility index (Phi) is 5.45. The second-order valence-corrected chi connectivity index (χ2v) is 7.44. The van der Waals surface area contributed by atoms with Crippen LogP contribution in [0, 0.1) is 5.82 Å². The van der Waals surface area contributed by atoms with Crippen LogP contribution in [0.25, 0.3) is 0 Å². The molecule has 0 aliphatic carbocycles. The number of carbonyl (C=O) groups excluding carboxylic acids is 1. The molecule has 1 aliphatic rings. The van der Waals surface area contributed by atoms with Gasteiger partial charge in [-0.2, -0.15) is 4.98 Å². The molecule has 2 N–H and O–H groups in total. The van der Waals surface area contributed by atoms with Crippen molar-refractivity contribution >= 4 is 29.3 Å². The molecule has 2 aromatic carbocycles. The van der Waals surface area contributed by atoms with Crippen LogP contribution in [-0.2, 0) is 4.79 Å². The van der Waals surface area contributed by atoms with Gasteiger partial charge in [0.05, 0.1) is 12.7 Å². The minimum atomic E-state index is -0.548. The number of halogens is 1. The third kappa shape index (κ3) is 3.76. The van der Waals surface area contributed by atoms with Crippen molar-refractivity contribution < 1.29 is 13.9 Å². The summed E-state index contributed by atoms with van der Waals surface area (Å²) in [5.41, 5.74) is 2.49. The fourth-order valence-corrected chi connectivity index (χ4v) is 3.69. The van der Waals surface area contributed by atoms with Gasteiger partial charge in [0.1, 0.15) is 17.6 Å². The highest BCUT2D eigenvalue weighted by Gasteiger charge is 2.34. The lowest BCUT2D eigenvalue weighted by Gasteiger charge is -2.28. The summed E-state index contributed by atoms with van der Waals surface area (Å²) in [6, 6.07) is 12.6. The van der Waals surface area contributed by atoms with Gasteiger partial charge < -0.3 is 15.4 Å². The Morgan fingerprint density at radius 2 is 1.90 bits per heavy atom. The number of amides is 1. The maximum Gasteiger partial charge on any atom is 0.255 e. The van der Waals surface area contributed by atoms with E-state index in [1.807, 2.05) is 13.2 Å². The highest BCUT2D eigenvalue weighted by atomic mass is 32.2. The summed E-state index contributed by atoms with van der Waals surface area (Å²) in [6.45, 7) is 1.82. The van der Waals surface area contributed by atoms with Crippen LogP contribution in [-0.4, -0.2) is 34.0 Å². The molecule has 0 saturated carbocycles. The molecule has 1 aliphatic heterocycles. The van der Waals surface area contributed by atoms with Crippen LogP contribution < -0.4 is 15.4 Å². The lowest BCUT2D eigenvalue weighted by molar-refractivity contribution is -0.113. The molecule has 1 amide bonds. The smallest absolute Gasteiger partial charge is 0.255 e. The monoisotopic (exact) mass is 425 g/mol. The minimum Gasteiger partial charge on any atom is -0.497 e. The van der Waals surface area contributed by atoms with Gasteiger partial charge in [-0.1, -0.05) is 23.9 Å². The number of thioether (sulfide) groups is 1. The van der Waals surface area contributed by atoms with E-state index in [-0.39, 0.29) is 11.7 Å². The predicted octanol–water partition coefficient (Wildman–Crippen LogP) is 4.08. The first-order valence-corrected chi connectivity index (χ1v) is 10.4. The molecule has 0 spiro atoms. The Morgan fingerprint density at radius 1 is 1.20 bits per heavy atom. The van der Waals surface area contributed by atoms with Gasteiger partial charge in [-0.3, -0.25) is 4.79 Å². The molecule has 0 unspecified atom stereocenters. The number of methoxy groups -OCH3 is 1. The van der Waals surface area contributed by atoms with Crippen LogP contribution in [0.3, 0.4) is 0 Å². The SMILES string of the molecule is COc1ccc(NC(=O)C2=C(C)Nc3nc(SC)nn3[C@@H]2c2ccc(F)cc2)cc1. The lowest BCUT2D eigenvalue weighted by atomic mass is 9.95. The molecule has 1 atom stereocenters. The van der Waals surface area contributed by atoms with Crippen molar-refractivity contribution in [2.24, 2.45) is 0 Å². The number of aromatic nitrogens is 3. The standard InChI is InChI=1S/C21H20FN5O2S/c1-12-17(19(28)24-15-8-10-16(29-2)11-9-15)18(13-4-6-14(22)7-5-13)27-20(23-12)25-21(26-27)30-3/h4-11,18H,1-3H3,(H,24,28)(H,23,25,26)/t18-/m1/s1. The highest BCUT2D eigenvalue weighted by Crippen LogP contribution is 2.36. The number of nitrogens with one attached hydrogen (secondary N) is 2. The Balaban J connectivity index is 1.74. The molecule has 1 aromatic heterocycles. The molecule has 3 aromatic rings. The highest BCUT2D eigenvalue weighted by molar-refractivity contribution is 7.98. The number of hydrogen-bond donors (Lipinski definition) is 2. The van der Waals surface area contributed by atoms with Crippen molar-refractivity contribution in [3.05, 3.63) is 71.2 Å². The largest absolute Gasteiger partial charge is 0.497 e. The van der Waals surface area contributed by atoms with Crippen LogP contribution in [0.15, 0.2) is 65.0 Å². The molecule has 0 bridgehead atoms. The summed E-state index contributed by atoms with van der Waals surface area (Å²) in [5, 5.41) is 11.2. The van der Waals surface area contributed by atoms with Crippen molar-refractivity contribution in [1.82, 2.24) is 14.8 Å². The maximum atomic E-state index is 13.5. The number of anilines is 2. The van der Waals surface area contributed by atoms with Crippen LogP contribution in [0.2, 0.25) is 0 Å². The molecule has 9 heteroatoms. The van der Waals surface area contributed by atoms with E-state index < -0.39 is 6.04 Å². The summed E-state index contributed by atoms with van der Waals surface area (Å²) in [6.07, 6.45) is 1.88. The molecular formula is C21H20FN5O2S. The van der Waals surface area contributed by atoms with Gasteiger partial charge in [-0.25, -0.2) is 9.07 Å². The summed E-state index contributed by atoms with van der Waals surface area (Å²) in [5.74, 6) is 0.600. The van der Waals surface area contributed by atoms with Crippen LogP contribution in [0.1, 0.15) is 18.5 Å². The van der Waals surface area contributed by atoms with Gasteiger partial charge >= 0.3 is 0 Å². The van der Waals surface area contributed by atoms with Gasteiger partial charge in [0.25, 0.3) is 5.91 Å². The van der Waals surface area contributed by atoms with E-state index in [1.165, 1.54) is 23.9 Å². The lowest BCUT2D eigenvalue weighted by Crippen LogP contribution is -2.31. The zero-order valence-corrected chi connectivity index (χ0v) is 17.5. The van der Waals surface area contributed by atoms with Crippen molar-refractivity contribution in [3.8, 4) is 5.75 Å². The Labute approximate surface area is 177 Å². The molecule has 0 radical (unpaired) electrons. The fraction of sp³-hybridized carbons (Fsp3) is 0.190. The first-order chi connectivity index (χ1) is 14.5. The summed E-state index contributed by atoms with van der Waals surface area (Å²) >= 11 is 1.40. The number of nitrogens with zero attached hydrogens (tertiary/aromatic N) is 3. The molecule has 154 valence electrons. The average molecular weight is 425 g/mol. The minimum absolute atomic E-state index is 0.286. The van der Waals surface area contributed by atoms with Gasteiger partial charge in [0, 0.05) is 11.4 Å². The third-order valence-corrected chi connectivity index (χ3v) is 5.33. The van der Waals surface area contributed by atoms with Crippen molar-refractivity contribution in [3.63, 3.8) is 0 Å². The zero-order chi connectivity index (χ0) is 21.3. The van der Waals surface area contributed by atoms with Crippen LogP contribution in [0.5, 0.6) is 5.75 Å². The molecule has 30 heavy (non-hydrogen) atoms. The Morgan fingerprint density at radius 3 is 2.53 bits per heavy atom. The van der Waals surface area contributed by atoms with E-state index in [4.69, 9.17) is 4.74 Å². The van der Waals surface area contributed by atoms with E-state index in [0.29, 0.717) is 33.8 Å². The number of ether oxygens (including phenoxy) is 1. The van der Waals surface area contributed by atoms with Crippen LogP contribution in [0.4, 0.5) is 16.0 Å². The first-order valence-electron chi connectivity index (χ1n) is 9.19. The Hall–Kier alpha value is -3.33. The third-order valence-electron chi connectivity index (χ3n) is 4.79. The van der Waals surface area contributed by atoms with Gasteiger partial charge in [-0.15, -0.1) is 5.10 Å². The molecule has 0 fully saturated rings. The van der Waals surface area contributed by atoms with E-state index in [2.05, 4.69) is 20.7 Å². The summed E-state index contributed by atoms with van der Waals surface area (Å²) in [7, 11) is 1.58. The zero-order valence-electron chi connectivity index (χ0n) is 16.6.